The maximum Gasteiger partial charge on any atom is 0.146 e. The Morgan fingerprint density at radius 1 is 1.67 bits per heavy atom. The lowest BCUT2D eigenvalue weighted by molar-refractivity contribution is -0.105. The predicted molar refractivity (Wildman–Crippen MR) is 36.0 cm³/mol. The minimum Gasteiger partial charge on any atom is -0.392 e. The Kier molecular flexibility index (Phi) is 4.73. The molecule has 0 bridgehead atoms. The second kappa shape index (κ2) is 5.25. The summed E-state index contributed by atoms with van der Waals surface area (Å²) in [5, 5.41) is 8.32. The quantitative estimate of drug-likeness (QED) is 0.341. The summed E-state index contributed by atoms with van der Waals surface area (Å²) in [4.78, 5) is 10.1. The molecule has 0 spiro atoms. The van der Waals surface area contributed by atoms with E-state index in [9.17, 15) is 4.79 Å². The summed E-state index contributed by atoms with van der Waals surface area (Å²) in [5.74, 6) is 0. The van der Waals surface area contributed by atoms with Crippen molar-refractivity contribution < 1.29 is 9.90 Å². The van der Waals surface area contributed by atoms with Gasteiger partial charge in [0.1, 0.15) is 6.29 Å². The van der Waals surface area contributed by atoms with Crippen molar-refractivity contribution in [1.29, 1.82) is 0 Å². The molecule has 0 saturated heterocycles. The van der Waals surface area contributed by atoms with E-state index in [-0.39, 0.29) is 6.61 Å². The first-order valence-electron chi connectivity index (χ1n) is 2.71. The van der Waals surface area contributed by atoms with Crippen LogP contribution in [0.3, 0.4) is 0 Å². The zero-order valence-electron chi connectivity index (χ0n) is 5.21. The third-order valence-electron chi connectivity index (χ3n) is 0.885. The third-order valence-corrected chi connectivity index (χ3v) is 0.885. The van der Waals surface area contributed by atoms with Gasteiger partial charge in [-0.1, -0.05) is 12.2 Å². The van der Waals surface area contributed by atoms with Gasteiger partial charge < -0.3 is 5.11 Å². The Balaban J connectivity index is 3.80. The molecule has 9 heavy (non-hydrogen) atoms. The minimum atomic E-state index is -0.0814. The van der Waals surface area contributed by atoms with Crippen LogP contribution in [-0.4, -0.2) is 18.0 Å². The fraction of sp³-hybridized carbons (Fsp3) is 0.286. The van der Waals surface area contributed by atoms with E-state index < -0.39 is 0 Å². The first kappa shape index (κ1) is 8.11. The minimum absolute atomic E-state index is 0.0814. The highest BCUT2D eigenvalue weighted by Crippen LogP contribution is 1.95. The van der Waals surface area contributed by atoms with Crippen LogP contribution in [0.25, 0.3) is 0 Å². The lowest BCUT2D eigenvalue weighted by Crippen LogP contribution is -1.84. The second-order valence-electron chi connectivity index (χ2n) is 1.57. The number of rotatable bonds is 4. The van der Waals surface area contributed by atoms with Crippen LogP contribution in [0.5, 0.6) is 0 Å². The Hall–Kier alpha value is -0.890. The first-order valence-corrected chi connectivity index (χ1v) is 2.71. The third kappa shape index (κ3) is 3.67. The van der Waals surface area contributed by atoms with Gasteiger partial charge in [-0.3, -0.25) is 4.79 Å². The molecule has 0 aliphatic heterocycles. The van der Waals surface area contributed by atoms with E-state index in [1.54, 1.807) is 6.08 Å². The largest absolute Gasteiger partial charge is 0.392 e. The fourth-order valence-corrected chi connectivity index (χ4v) is 0.463. The van der Waals surface area contributed by atoms with Gasteiger partial charge in [0.2, 0.25) is 0 Å². The van der Waals surface area contributed by atoms with Crippen LogP contribution < -0.4 is 0 Å². The molecule has 0 aromatic heterocycles. The molecule has 0 heterocycles. The number of hydrogen-bond acceptors (Lipinski definition) is 2. The lowest BCUT2D eigenvalue weighted by atomic mass is 10.2. The van der Waals surface area contributed by atoms with Crippen molar-refractivity contribution in [2.24, 2.45) is 0 Å². The van der Waals surface area contributed by atoms with Crippen molar-refractivity contribution in [2.45, 2.75) is 6.42 Å². The molecule has 0 atom stereocenters. The number of allylic oxidation sites excluding steroid dienone is 2. The highest BCUT2D eigenvalue weighted by Gasteiger charge is 1.87. The molecule has 0 rings (SSSR count). The number of carbonyl (C=O) groups is 1. The van der Waals surface area contributed by atoms with Crippen LogP contribution in [0.1, 0.15) is 6.42 Å². The lowest BCUT2D eigenvalue weighted by Gasteiger charge is -1.88. The summed E-state index contributed by atoms with van der Waals surface area (Å²) in [6.45, 7) is 3.37. The Bertz CT molecular complexity index is 125. The number of hydrogen-bond donors (Lipinski definition) is 1. The second-order valence-corrected chi connectivity index (χ2v) is 1.57. The smallest absolute Gasteiger partial charge is 0.146 e. The average molecular weight is 126 g/mol. The zero-order chi connectivity index (χ0) is 7.11. The van der Waals surface area contributed by atoms with Gasteiger partial charge in [0.25, 0.3) is 0 Å². The van der Waals surface area contributed by atoms with E-state index in [4.69, 9.17) is 5.11 Å². The average Bonchev–Trinajstić information content (AvgIpc) is 1.88. The maximum absolute atomic E-state index is 10.1. The van der Waals surface area contributed by atoms with Crippen LogP contribution in [0.2, 0.25) is 0 Å². The fourth-order valence-electron chi connectivity index (χ4n) is 0.463. The molecule has 0 fully saturated rings. The van der Waals surface area contributed by atoms with Crippen LogP contribution in [-0.2, 0) is 4.79 Å². The van der Waals surface area contributed by atoms with Gasteiger partial charge in [0.15, 0.2) is 0 Å². The number of carbonyl (C=O) groups excluding carboxylic acids is 1. The Morgan fingerprint density at radius 3 is 2.67 bits per heavy atom. The van der Waals surface area contributed by atoms with E-state index in [0.717, 1.165) is 6.29 Å². The predicted octanol–water partition coefficient (Wildman–Crippen LogP) is 0.680. The highest BCUT2D eigenvalue weighted by atomic mass is 16.2. The number of aliphatic hydroxyl groups excluding tert-OH is 1. The maximum atomic E-state index is 10.1. The molecule has 0 amide bonds. The van der Waals surface area contributed by atoms with Crippen molar-refractivity contribution >= 4 is 6.29 Å². The normalized spacial score (nSPS) is 11.0. The summed E-state index contributed by atoms with van der Waals surface area (Å²) in [6, 6.07) is 0. The van der Waals surface area contributed by atoms with Gasteiger partial charge in [-0.05, 0) is 12.0 Å². The van der Waals surface area contributed by atoms with Crippen LogP contribution >= 0.6 is 0 Å². The van der Waals surface area contributed by atoms with E-state index >= 15 is 0 Å². The van der Waals surface area contributed by atoms with E-state index in [1.807, 2.05) is 0 Å². The summed E-state index contributed by atoms with van der Waals surface area (Å²) in [6.07, 6.45) is 4.34. The molecule has 0 aromatic rings. The van der Waals surface area contributed by atoms with Crippen LogP contribution in [0, 0.1) is 0 Å². The van der Waals surface area contributed by atoms with E-state index in [0.29, 0.717) is 12.0 Å². The summed E-state index contributed by atoms with van der Waals surface area (Å²) < 4.78 is 0. The zero-order valence-corrected chi connectivity index (χ0v) is 5.21. The standard InChI is InChI=1S/C7H10O2/c1-2-3-7(6-9)4-5-8/h2,4,6,8H,1,3,5H2/b7-4-. The van der Waals surface area contributed by atoms with Gasteiger partial charge in [-0.15, -0.1) is 6.58 Å². The highest BCUT2D eigenvalue weighted by molar-refractivity contribution is 5.73. The van der Waals surface area contributed by atoms with Crippen molar-refractivity contribution in [3.8, 4) is 0 Å². The van der Waals surface area contributed by atoms with Crippen LogP contribution in [0.4, 0.5) is 0 Å². The first-order chi connectivity index (χ1) is 4.35. The van der Waals surface area contributed by atoms with Crippen molar-refractivity contribution in [1.82, 2.24) is 0 Å². The SMILES string of the molecule is C=CC/C(C=O)=C/CO. The molecule has 0 radical (unpaired) electrons. The van der Waals surface area contributed by atoms with Gasteiger partial charge in [0, 0.05) is 0 Å². The molecule has 0 aliphatic carbocycles. The molecule has 0 aromatic carbocycles. The summed E-state index contributed by atoms with van der Waals surface area (Å²) in [7, 11) is 0. The molecular formula is C7H10O2. The molecule has 2 heteroatoms. The number of aldehydes is 1. The molecule has 1 N–H and O–H groups in total. The molecule has 0 unspecified atom stereocenters. The number of aliphatic hydroxyl groups is 1. The van der Waals surface area contributed by atoms with E-state index in [2.05, 4.69) is 6.58 Å². The van der Waals surface area contributed by atoms with E-state index in [1.165, 1.54) is 6.08 Å². The van der Waals surface area contributed by atoms with Crippen molar-refractivity contribution in [2.75, 3.05) is 6.61 Å². The monoisotopic (exact) mass is 126 g/mol. The molecule has 0 aliphatic rings. The molecule has 0 saturated carbocycles. The summed E-state index contributed by atoms with van der Waals surface area (Å²) in [5.41, 5.74) is 0.576. The Labute approximate surface area is 54.5 Å². The van der Waals surface area contributed by atoms with Gasteiger partial charge in [0.05, 0.1) is 6.61 Å². The van der Waals surface area contributed by atoms with Crippen molar-refractivity contribution in [3.05, 3.63) is 24.3 Å². The molecular weight excluding hydrogens is 116 g/mol. The van der Waals surface area contributed by atoms with Crippen LogP contribution in [0.15, 0.2) is 24.3 Å². The summed E-state index contributed by atoms with van der Waals surface area (Å²) >= 11 is 0. The van der Waals surface area contributed by atoms with Crippen molar-refractivity contribution in [3.63, 3.8) is 0 Å². The molecule has 50 valence electrons. The molecule has 2 nitrogen and oxygen atoms in total. The van der Waals surface area contributed by atoms with Gasteiger partial charge in [-0.25, -0.2) is 0 Å². The van der Waals surface area contributed by atoms with Gasteiger partial charge in [-0.2, -0.15) is 0 Å². The Morgan fingerprint density at radius 2 is 2.33 bits per heavy atom. The van der Waals surface area contributed by atoms with Gasteiger partial charge >= 0.3 is 0 Å². The topological polar surface area (TPSA) is 37.3 Å².